The van der Waals surface area contributed by atoms with Crippen molar-refractivity contribution in [3.05, 3.63) is 0 Å². The molecule has 0 unspecified atom stereocenters. The average molecular weight is 215 g/mol. The molecule has 0 amide bonds. The number of hydrogen-bond acceptors (Lipinski definition) is 2. The summed E-state index contributed by atoms with van der Waals surface area (Å²) in [5, 5.41) is 0. The standard InChI is InChI=1S/Co.K.H2O4S.H2O.H/c;;1-5(2,3)4;;/h;;(H2,1,2,3,4);1H2;/q;+1;;;-1. The van der Waals surface area contributed by atoms with Crippen molar-refractivity contribution in [2.45, 2.75) is 0 Å². The summed E-state index contributed by atoms with van der Waals surface area (Å²) in [5.41, 5.74) is 0. The smallest absolute Gasteiger partial charge is 1.00 e. The Hall–Kier alpha value is 1.97. The maximum atomic E-state index is 8.74. The Morgan fingerprint density at radius 3 is 1.25 bits per heavy atom. The van der Waals surface area contributed by atoms with Crippen LogP contribution in [-0.4, -0.2) is 23.0 Å². The van der Waals surface area contributed by atoms with Crippen LogP contribution >= 0.6 is 0 Å². The predicted molar refractivity (Wildman–Crippen MR) is 18.9 cm³/mol. The molecule has 8 heavy (non-hydrogen) atoms. The fraction of sp³-hybridized carbons (Fsp3) is 0. The minimum atomic E-state index is -4.67. The molecule has 5 nitrogen and oxygen atoms in total. The minimum absolute atomic E-state index is 0. The van der Waals surface area contributed by atoms with Gasteiger partial charge in [0.2, 0.25) is 0 Å². The Bertz CT molecular complexity index is 100. The molecule has 0 aliphatic heterocycles. The van der Waals surface area contributed by atoms with Crippen LogP contribution in [0.5, 0.6) is 0 Å². The monoisotopic (exact) mass is 215 g/mol. The molecule has 4 N–H and O–H groups in total. The van der Waals surface area contributed by atoms with Gasteiger partial charge in [-0.15, -0.1) is 0 Å². The molecule has 0 fully saturated rings. The summed E-state index contributed by atoms with van der Waals surface area (Å²) >= 11 is 0. The van der Waals surface area contributed by atoms with E-state index in [0.29, 0.717) is 0 Å². The van der Waals surface area contributed by atoms with Gasteiger partial charge in [0.1, 0.15) is 0 Å². The first-order valence-electron chi connectivity index (χ1n) is 0.698. The van der Waals surface area contributed by atoms with Crippen LogP contribution < -0.4 is 51.4 Å². The van der Waals surface area contributed by atoms with Gasteiger partial charge >= 0.3 is 61.8 Å². The van der Waals surface area contributed by atoms with E-state index in [0.717, 1.165) is 0 Å². The molecule has 0 aliphatic rings. The molecule has 0 saturated carbocycles. The van der Waals surface area contributed by atoms with Crippen LogP contribution in [0.2, 0.25) is 0 Å². The second-order valence-electron chi connectivity index (χ2n) is 0.448. The van der Waals surface area contributed by atoms with Gasteiger partial charge in [-0.2, -0.15) is 8.42 Å². The summed E-state index contributed by atoms with van der Waals surface area (Å²) in [6, 6.07) is 0. The van der Waals surface area contributed by atoms with E-state index in [2.05, 4.69) is 0 Å². The van der Waals surface area contributed by atoms with Crippen LogP contribution in [0.25, 0.3) is 0 Å². The Labute approximate surface area is 101 Å². The van der Waals surface area contributed by atoms with Gasteiger partial charge in [0.05, 0.1) is 0 Å². The van der Waals surface area contributed by atoms with Crippen LogP contribution in [-0.2, 0) is 27.2 Å². The maximum Gasteiger partial charge on any atom is 1.00 e. The predicted octanol–water partition coefficient (Wildman–Crippen LogP) is -4.36. The van der Waals surface area contributed by atoms with Crippen molar-refractivity contribution in [3.63, 3.8) is 0 Å². The van der Waals surface area contributed by atoms with Crippen molar-refractivity contribution in [2.24, 2.45) is 0 Å². The molecule has 0 saturated heterocycles. The van der Waals surface area contributed by atoms with E-state index in [1.54, 1.807) is 0 Å². The quantitative estimate of drug-likeness (QED) is 0.314. The zero-order chi connectivity index (χ0) is 4.50. The Morgan fingerprint density at radius 2 is 1.25 bits per heavy atom. The third-order valence-electron chi connectivity index (χ3n) is 0. The fourth-order valence-electron chi connectivity index (χ4n) is 0. The topological polar surface area (TPSA) is 106 Å². The van der Waals surface area contributed by atoms with Crippen LogP contribution in [0.4, 0.5) is 0 Å². The molecular formula is H5CoKO5S. The van der Waals surface area contributed by atoms with E-state index in [4.69, 9.17) is 17.5 Å². The molecule has 0 aromatic carbocycles. The Morgan fingerprint density at radius 1 is 1.25 bits per heavy atom. The maximum absolute atomic E-state index is 8.74. The van der Waals surface area contributed by atoms with Gasteiger partial charge in [-0.3, -0.25) is 9.11 Å². The molecule has 1 radical (unpaired) electrons. The number of hydrogen-bond donors (Lipinski definition) is 2. The van der Waals surface area contributed by atoms with Gasteiger partial charge in [0, 0.05) is 16.8 Å². The number of rotatable bonds is 0. The summed E-state index contributed by atoms with van der Waals surface area (Å²) in [6.45, 7) is 0. The largest absolute Gasteiger partial charge is 1.00 e. The van der Waals surface area contributed by atoms with Crippen LogP contribution in [0.3, 0.4) is 0 Å². The van der Waals surface area contributed by atoms with Gasteiger partial charge in [-0.1, -0.05) is 0 Å². The summed E-state index contributed by atoms with van der Waals surface area (Å²) < 4.78 is 31.6. The van der Waals surface area contributed by atoms with Crippen molar-refractivity contribution in [3.8, 4) is 0 Å². The fourth-order valence-corrected chi connectivity index (χ4v) is 0. The van der Waals surface area contributed by atoms with E-state index in [1.807, 2.05) is 0 Å². The first-order chi connectivity index (χ1) is 2.00. The van der Waals surface area contributed by atoms with E-state index < -0.39 is 10.4 Å². The Kier molecular flexibility index (Phi) is 25.2. The first-order valence-corrected chi connectivity index (χ1v) is 2.10. The third-order valence-corrected chi connectivity index (χ3v) is 0. The van der Waals surface area contributed by atoms with Crippen molar-refractivity contribution >= 4 is 10.4 Å². The molecule has 0 aliphatic carbocycles. The zero-order valence-corrected chi connectivity index (χ0v) is 8.93. The molecular weight excluding hydrogens is 210 g/mol. The zero-order valence-electron chi connectivity index (χ0n) is 4.95. The third kappa shape index (κ3) is 99.6. The van der Waals surface area contributed by atoms with Gasteiger partial charge in [-0.25, -0.2) is 0 Å². The van der Waals surface area contributed by atoms with E-state index >= 15 is 0 Å². The molecule has 0 spiro atoms. The normalized spacial score (nSPS) is 7.25. The molecule has 51 valence electrons. The second kappa shape index (κ2) is 8.97. The van der Waals surface area contributed by atoms with Gasteiger partial charge < -0.3 is 6.90 Å². The minimum Gasteiger partial charge on any atom is -1.00 e. The summed E-state index contributed by atoms with van der Waals surface area (Å²) in [5.74, 6) is 0. The summed E-state index contributed by atoms with van der Waals surface area (Å²) in [7, 11) is -4.67. The summed E-state index contributed by atoms with van der Waals surface area (Å²) in [4.78, 5) is 0. The van der Waals surface area contributed by atoms with Crippen LogP contribution in [0, 0.1) is 0 Å². The molecule has 0 atom stereocenters. The molecule has 0 aromatic heterocycles. The van der Waals surface area contributed by atoms with E-state index in [9.17, 15) is 0 Å². The Balaban J connectivity index is -0.0000000133. The van der Waals surface area contributed by atoms with E-state index in [1.165, 1.54) is 0 Å². The van der Waals surface area contributed by atoms with E-state index in [-0.39, 0.29) is 75.1 Å². The van der Waals surface area contributed by atoms with Crippen molar-refractivity contribution < 1.29 is 92.6 Å². The molecule has 0 bridgehead atoms. The van der Waals surface area contributed by atoms with Crippen LogP contribution in [0.15, 0.2) is 0 Å². The molecule has 0 rings (SSSR count). The molecule has 8 heteroatoms. The van der Waals surface area contributed by atoms with Crippen molar-refractivity contribution in [1.29, 1.82) is 0 Å². The van der Waals surface area contributed by atoms with Gasteiger partial charge in [0.15, 0.2) is 0 Å². The SMILES string of the molecule is O.O=S(=O)(O)O.[Co].[H-].[K+]. The average Bonchev–Trinajstić information content (AvgIpc) is 0.722. The van der Waals surface area contributed by atoms with Gasteiger partial charge in [-0.05, 0) is 0 Å². The van der Waals surface area contributed by atoms with Crippen molar-refractivity contribution in [1.82, 2.24) is 0 Å². The first kappa shape index (κ1) is 22.5. The second-order valence-corrected chi connectivity index (χ2v) is 1.34. The molecule has 0 heterocycles. The van der Waals surface area contributed by atoms with Crippen LogP contribution in [0.1, 0.15) is 1.43 Å². The van der Waals surface area contributed by atoms with Crippen molar-refractivity contribution in [2.75, 3.05) is 0 Å². The molecule has 0 aromatic rings. The summed E-state index contributed by atoms with van der Waals surface area (Å²) in [6.07, 6.45) is 0. The van der Waals surface area contributed by atoms with Gasteiger partial charge in [0.25, 0.3) is 0 Å².